The Labute approximate surface area is 191 Å². The zero-order chi connectivity index (χ0) is 24.6. The number of alkyl carbamates (subject to hydrolysis) is 1. The van der Waals surface area contributed by atoms with Gasteiger partial charge in [-0.1, -0.05) is 0 Å². The second-order valence-electron chi connectivity index (χ2n) is 8.13. The van der Waals surface area contributed by atoms with Crippen LogP contribution in [0, 0.1) is 5.41 Å². The molecule has 5 N–H and O–H groups in total. The summed E-state index contributed by atoms with van der Waals surface area (Å²) in [6.45, 7) is 5.82. The van der Waals surface area contributed by atoms with Crippen molar-refractivity contribution in [2.75, 3.05) is 30.3 Å². The third kappa shape index (κ3) is 8.89. The minimum absolute atomic E-state index is 0.00565. The number of aliphatic hydroxyl groups is 1. The summed E-state index contributed by atoms with van der Waals surface area (Å²) in [6, 6.07) is 7.45. The molecule has 2 rings (SSSR count). The minimum Gasteiger partial charge on any atom is -0.444 e. The molecule has 1 heterocycles. The lowest BCUT2D eigenvalue weighted by Gasteiger charge is -2.21. The maximum atomic E-state index is 13.0. The van der Waals surface area contributed by atoms with Crippen molar-refractivity contribution in [3.63, 3.8) is 0 Å². The Morgan fingerprint density at radius 3 is 2.39 bits per heavy atom. The monoisotopic (exact) mass is 465 g/mol. The number of ether oxygens (including phenoxy) is 2. The number of pyridine rings is 1. The van der Waals surface area contributed by atoms with Crippen LogP contribution in [0.1, 0.15) is 33.3 Å². The number of rotatable bonds is 10. The van der Waals surface area contributed by atoms with E-state index in [9.17, 15) is 13.6 Å². The number of carbonyl (C=O) groups is 1. The molecule has 2 aromatic rings. The average Bonchev–Trinajstić information content (AvgIpc) is 2.69. The van der Waals surface area contributed by atoms with E-state index in [1.54, 1.807) is 26.8 Å². The number of anilines is 3. The molecule has 0 aliphatic carbocycles. The molecule has 0 atom stereocenters. The van der Waals surface area contributed by atoms with Gasteiger partial charge in [-0.3, -0.25) is 0 Å². The largest absolute Gasteiger partial charge is 0.444 e. The van der Waals surface area contributed by atoms with Crippen LogP contribution in [-0.2, 0) is 4.74 Å². The van der Waals surface area contributed by atoms with Gasteiger partial charge in [-0.2, -0.15) is 8.78 Å². The molecule has 1 amide bonds. The molecule has 1 aromatic carbocycles. The summed E-state index contributed by atoms with van der Waals surface area (Å²) in [4.78, 5) is 16.3. The van der Waals surface area contributed by atoms with Crippen molar-refractivity contribution in [3.8, 4) is 5.75 Å². The third-order valence-corrected chi connectivity index (χ3v) is 3.90. The molecule has 0 spiro atoms. The van der Waals surface area contributed by atoms with Gasteiger partial charge in [0.2, 0.25) is 0 Å². The zero-order valence-electron chi connectivity index (χ0n) is 19.0. The van der Waals surface area contributed by atoms with Crippen LogP contribution in [0.15, 0.2) is 36.5 Å². The lowest BCUT2D eigenvalue weighted by molar-refractivity contribution is -0.158. The van der Waals surface area contributed by atoms with E-state index in [0.717, 1.165) is 0 Å². The molecule has 0 aliphatic rings. The highest BCUT2D eigenvalue weighted by molar-refractivity contribution is 6.09. The average molecular weight is 466 g/mol. The molecule has 180 valence electrons. The number of alkyl halides is 2. The first-order chi connectivity index (χ1) is 15.4. The second-order valence-corrected chi connectivity index (χ2v) is 8.13. The number of nitrogens with zero attached hydrogens (tertiary/aromatic N) is 1. The molecule has 0 fully saturated rings. The van der Waals surface area contributed by atoms with Gasteiger partial charge in [0, 0.05) is 31.0 Å². The molecule has 1 aromatic heterocycles. The number of hydrogen-bond acceptors (Lipinski definition) is 8. The van der Waals surface area contributed by atoms with Crippen molar-refractivity contribution in [1.82, 2.24) is 10.3 Å². The fourth-order valence-corrected chi connectivity index (χ4v) is 2.71. The Morgan fingerprint density at radius 2 is 1.82 bits per heavy atom. The second kappa shape index (κ2) is 10.9. The summed E-state index contributed by atoms with van der Waals surface area (Å²) in [6.07, 6.45) is -2.46. The number of aliphatic hydroxyl groups excluding tert-OH is 1. The van der Waals surface area contributed by atoms with Gasteiger partial charge < -0.3 is 35.9 Å². The van der Waals surface area contributed by atoms with Gasteiger partial charge in [-0.05, 0) is 51.1 Å². The molecule has 0 aliphatic heterocycles. The number of nitrogens with one attached hydrogen (secondary N) is 4. The van der Waals surface area contributed by atoms with Gasteiger partial charge in [0.25, 0.3) is 0 Å². The molecule has 0 saturated carbocycles. The number of halogens is 2. The van der Waals surface area contributed by atoms with E-state index in [2.05, 4.69) is 25.7 Å². The van der Waals surface area contributed by atoms with Crippen LogP contribution in [-0.4, -0.2) is 53.3 Å². The first kappa shape index (κ1) is 25.8. The van der Waals surface area contributed by atoms with Gasteiger partial charge in [0.1, 0.15) is 17.2 Å². The van der Waals surface area contributed by atoms with Crippen LogP contribution in [0.5, 0.6) is 5.75 Å². The Morgan fingerprint density at radius 1 is 1.15 bits per heavy atom. The van der Waals surface area contributed by atoms with Crippen LogP contribution in [0.3, 0.4) is 0 Å². The highest BCUT2D eigenvalue weighted by Gasteiger charge is 2.23. The first-order valence-electron chi connectivity index (χ1n) is 10.2. The maximum absolute atomic E-state index is 13.0. The van der Waals surface area contributed by atoms with Crippen molar-refractivity contribution in [1.29, 1.82) is 5.41 Å². The molecule has 0 unspecified atom stereocenters. The summed E-state index contributed by atoms with van der Waals surface area (Å²) in [5.74, 6) is 0.289. The summed E-state index contributed by atoms with van der Waals surface area (Å²) in [5.41, 5.74) is 0.745. The molecule has 11 heteroatoms. The van der Waals surface area contributed by atoms with E-state index in [0.29, 0.717) is 29.7 Å². The zero-order valence-corrected chi connectivity index (χ0v) is 19.0. The summed E-state index contributed by atoms with van der Waals surface area (Å²) in [5, 5.41) is 26.3. The Bertz CT molecular complexity index is 957. The van der Waals surface area contributed by atoms with Crippen molar-refractivity contribution in [2.45, 2.75) is 39.4 Å². The maximum Gasteiger partial charge on any atom is 0.407 e. The smallest absolute Gasteiger partial charge is 0.407 e. The van der Waals surface area contributed by atoms with Crippen LogP contribution >= 0.6 is 0 Å². The minimum atomic E-state index is -3.30. The molecule has 0 radical (unpaired) electrons. The molecule has 0 bridgehead atoms. The normalized spacial score (nSPS) is 11.5. The van der Waals surface area contributed by atoms with Crippen LogP contribution in [0.25, 0.3) is 0 Å². The number of hydrogen-bond donors (Lipinski definition) is 5. The standard InChI is InChI=1S/C22H29F2N5O4/c1-21(2,3)33-20(31)28-13-16(25)18-17(26-11-12-30)9-10-27-19(18)29-14-5-7-15(8-6-14)32-22(4,23)24/h5-10,25,30H,11-13H2,1-4H3,(H,28,31)(H2,26,27,29). The number of amides is 1. The third-order valence-electron chi connectivity index (χ3n) is 3.90. The van der Waals surface area contributed by atoms with Crippen molar-refractivity contribution >= 4 is 29.0 Å². The molecule has 9 nitrogen and oxygen atoms in total. The van der Waals surface area contributed by atoms with Crippen molar-refractivity contribution in [3.05, 3.63) is 42.1 Å². The SMILES string of the molecule is CC(C)(C)OC(=O)NCC(=N)c1c(NCCO)ccnc1Nc1ccc(OC(C)(F)F)cc1. The quantitative estimate of drug-likeness (QED) is 0.334. The van der Waals surface area contributed by atoms with E-state index in [1.807, 2.05) is 0 Å². The molecule has 0 saturated heterocycles. The Kier molecular flexibility index (Phi) is 8.52. The lowest BCUT2D eigenvalue weighted by atomic mass is 10.1. The summed E-state index contributed by atoms with van der Waals surface area (Å²) < 4.78 is 35.8. The van der Waals surface area contributed by atoms with Gasteiger partial charge in [-0.25, -0.2) is 9.78 Å². The highest BCUT2D eigenvalue weighted by Crippen LogP contribution is 2.28. The van der Waals surface area contributed by atoms with E-state index >= 15 is 0 Å². The van der Waals surface area contributed by atoms with Crippen LogP contribution in [0.4, 0.5) is 30.8 Å². The highest BCUT2D eigenvalue weighted by atomic mass is 19.3. The van der Waals surface area contributed by atoms with Gasteiger partial charge in [0.05, 0.1) is 24.4 Å². The number of benzene rings is 1. The predicted molar refractivity (Wildman–Crippen MR) is 122 cm³/mol. The van der Waals surface area contributed by atoms with Gasteiger partial charge >= 0.3 is 12.2 Å². The Balaban J connectivity index is 2.24. The number of carbonyl (C=O) groups excluding carboxylic acids is 1. The summed E-state index contributed by atoms with van der Waals surface area (Å²) >= 11 is 0. The first-order valence-corrected chi connectivity index (χ1v) is 10.2. The van der Waals surface area contributed by atoms with Crippen LogP contribution in [0.2, 0.25) is 0 Å². The van der Waals surface area contributed by atoms with Crippen molar-refractivity contribution < 1.29 is 28.2 Å². The van der Waals surface area contributed by atoms with Gasteiger partial charge in [-0.15, -0.1) is 0 Å². The molecular weight excluding hydrogens is 436 g/mol. The van der Waals surface area contributed by atoms with E-state index in [-0.39, 0.29) is 31.2 Å². The van der Waals surface area contributed by atoms with Crippen LogP contribution < -0.4 is 20.7 Å². The molecular formula is C22H29F2N5O4. The number of aromatic nitrogens is 1. The van der Waals surface area contributed by atoms with E-state index in [4.69, 9.17) is 15.3 Å². The summed E-state index contributed by atoms with van der Waals surface area (Å²) in [7, 11) is 0. The van der Waals surface area contributed by atoms with Gasteiger partial charge in [0.15, 0.2) is 0 Å². The van der Waals surface area contributed by atoms with E-state index in [1.165, 1.54) is 30.5 Å². The fraction of sp³-hybridized carbons (Fsp3) is 0.409. The van der Waals surface area contributed by atoms with E-state index < -0.39 is 17.8 Å². The topological polar surface area (TPSA) is 129 Å². The fourth-order valence-electron chi connectivity index (χ4n) is 2.71. The molecule has 33 heavy (non-hydrogen) atoms. The lowest BCUT2D eigenvalue weighted by Crippen LogP contribution is -2.35. The van der Waals surface area contributed by atoms with Crippen molar-refractivity contribution in [2.24, 2.45) is 0 Å². The Hall–Kier alpha value is -3.47. The predicted octanol–water partition coefficient (Wildman–Crippen LogP) is 4.11.